The maximum absolute atomic E-state index is 13.2. The molecule has 2 aliphatic carbocycles. The molecule has 182 valence electrons. The van der Waals surface area contributed by atoms with Gasteiger partial charge in [-0.1, -0.05) is 23.7 Å². The number of alkyl halides is 2. The lowest BCUT2D eigenvalue weighted by Crippen LogP contribution is -2.37. The van der Waals surface area contributed by atoms with Crippen LogP contribution in [0.5, 0.6) is 0 Å². The Hall–Kier alpha value is -2.61. The average Bonchev–Trinajstić information content (AvgIpc) is 3.44. The quantitative estimate of drug-likeness (QED) is 0.348. The molecule has 2 saturated carbocycles. The van der Waals surface area contributed by atoms with Crippen molar-refractivity contribution in [1.82, 2.24) is 0 Å². The summed E-state index contributed by atoms with van der Waals surface area (Å²) in [4.78, 5) is 52.4. The maximum atomic E-state index is 13.2. The predicted octanol–water partition coefficient (Wildman–Crippen LogP) is 4.41. The van der Waals surface area contributed by atoms with E-state index in [-0.39, 0.29) is 45.7 Å². The van der Waals surface area contributed by atoms with Gasteiger partial charge in [0.15, 0.2) is 6.61 Å². The topological polar surface area (TPSA) is 92.8 Å². The zero-order valence-corrected chi connectivity index (χ0v) is 20.8. The summed E-state index contributed by atoms with van der Waals surface area (Å²) in [5.74, 6) is -3.16. The molecule has 3 aliphatic rings. The minimum Gasteiger partial charge on any atom is -0.452 e. The lowest BCUT2D eigenvalue weighted by atomic mass is 9.80. The Morgan fingerprint density at radius 1 is 1.03 bits per heavy atom. The molecule has 7 nitrogen and oxygen atoms in total. The van der Waals surface area contributed by atoms with E-state index in [2.05, 4.69) is 5.32 Å². The number of halogens is 3. The number of nitrogens with one attached hydrogen (secondary N) is 1. The number of carbonyl (C=O) groups excluding carboxylic acids is 4. The molecular formula is C25H21Cl3N2O5. The number of hydrogen-bond acceptors (Lipinski definition) is 5. The van der Waals surface area contributed by atoms with Crippen LogP contribution in [0.1, 0.15) is 22.3 Å². The van der Waals surface area contributed by atoms with E-state index in [1.54, 1.807) is 30.3 Å². The van der Waals surface area contributed by atoms with Gasteiger partial charge in [0.1, 0.15) is 0 Å². The Kier molecular flexibility index (Phi) is 6.28. The molecule has 6 atom stereocenters. The Balaban J connectivity index is 1.27. The summed E-state index contributed by atoms with van der Waals surface area (Å²) in [6.07, 6.45) is 0.673. The van der Waals surface area contributed by atoms with Crippen molar-refractivity contribution in [1.29, 1.82) is 0 Å². The predicted molar refractivity (Wildman–Crippen MR) is 132 cm³/mol. The van der Waals surface area contributed by atoms with Gasteiger partial charge < -0.3 is 10.1 Å². The first-order chi connectivity index (χ1) is 16.7. The van der Waals surface area contributed by atoms with Crippen LogP contribution >= 0.6 is 34.8 Å². The van der Waals surface area contributed by atoms with Crippen LogP contribution < -0.4 is 10.2 Å². The van der Waals surface area contributed by atoms with Crippen molar-refractivity contribution in [3.05, 3.63) is 58.6 Å². The van der Waals surface area contributed by atoms with E-state index in [1.165, 1.54) is 12.1 Å². The van der Waals surface area contributed by atoms with Crippen LogP contribution in [0.2, 0.25) is 5.02 Å². The molecule has 1 saturated heterocycles. The molecule has 1 aliphatic heterocycles. The summed E-state index contributed by atoms with van der Waals surface area (Å²) in [7, 11) is 0. The summed E-state index contributed by atoms with van der Waals surface area (Å²) >= 11 is 18.8. The molecule has 1 N–H and O–H groups in total. The average molecular weight is 536 g/mol. The van der Waals surface area contributed by atoms with Crippen molar-refractivity contribution in [2.45, 2.75) is 24.1 Å². The Morgan fingerprint density at radius 2 is 1.69 bits per heavy atom. The van der Waals surface area contributed by atoms with E-state index in [1.807, 2.05) is 6.92 Å². The molecular weight excluding hydrogens is 515 g/mol. The number of aryl methyl sites for hydroxylation is 1. The third-order valence-corrected chi connectivity index (χ3v) is 8.69. The van der Waals surface area contributed by atoms with Crippen LogP contribution in [0.25, 0.3) is 0 Å². The molecule has 3 fully saturated rings. The van der Waals surface area contributed by atoms with Gasteiger partial charge in [0.25, 0.3) is 5.91 Å². The molecule has 0 radical (unpaired) electrons. The number of imide groups is 1. The fourth-order valence-corrected chi connectivity index (χ4v) is 6.57. The molecule has 2 aromatic carbocycles. The molecule has 0 unspecified atom stereocenters. The Bertz CT molecular complexity index is 1220. The minimum atomic E-state index is -0.759. The monoisotopic (exact) mass is 534 g/mol. The van der Waals surface area contributed by atoms with E-state index in [0.29, 0.717) is 17.1 Å². The van der Waals surface area contributed by atoms with Crippen LogP contribution in [0.4, 0.5) is 11.4 Å². The second-order valence-corrected chi connectivity index (χ2v) is 10.6. The zero-order chi connectivity index (χ0) is 25.0. The molecule has 1 heterocycles. The van der Waals surface area contributed by atoms with Crippen LogP contribution in [0.15, 0.2) is 42.5 Å². The van der Waals surface area contributed by atoms with Gasteiger partial charge in [-0.3, -0.25) is 19.3 Å². The molecule has 3 amide bonds. The van der Waals surface area contributed by atoms with Crippen LogP contribution in [0.3, 0.4) is 0 Å². The number of rotatable bonds is 5. The van der Waals surface area contributed by atoms with Gasteiger partial charge in [0.2, 0.25) is 11.8 Å². The molecule has 0 aromatic heterocycles. The van der Waals surface area contributed by atoms with Gasteiger partial charge in [0, 0.05) is 10.7 Å². The summed E-state index contributed by atoms with van der Waals surface area (Å²) in [6, 6.07) is 11.1. The van der Waals surface area contributed by atoms with Crippen molar-refractivity contribution >= 4 is 69.9 Å². The lowest BCUT2D eigenvalue weighted by Gasteiger charge is -2.28. The van der Waals surface area contributed by atoms with Gasteiger partial charge in [-0.15, -0.1) is 23.2 Å². The van der Waals surface area contributed by atoms with Crippen LogP contribution in [-0.2, 0) is 19.1 Å². The highest BCUT2D eigenvalue weighted by Gasteiger charge is 2.66. The third kappa shape index (κ3) is 4.09. The fraction of sp³-hybridized carbons (Fsp3) is 0.360. The van der Waals surface area contributed by atoms with E-state index in [4.69, 9.17) is 39.5 Å². The summed E-state index contributed by atoms with van der Waals surface area (Å²) in [6.45, 7) is 1.29. The zero-order valence-electron chi connectivity index (χ0n) is 18.5. The van der Waals surface area contributed by atoms with E-state index >= 15 is 0 Å². The van der Waals surface area contributed by atoms with Crippen molar-refractivity contribution in [2.75, 3.05) is 16.8 Å². The summed E-state index contributed by atoms with van der Waals surface area (Å²) in [5.41, 5.74) is 1.71. The number of hydrogen-bond donors (Lipinski definition) is 1. The fourth-order valence-electron chi connectivity index (χ4n) is 5.50. The van der Waals surface area contributed by atoms with E-state index < -0.39 is 30.3 Å². The van der Waals surface area contributed by atoms with Gasteiger partial charge in [-0.05, 0) is 61.1 Å². The van der Waals surface area contributed by atoms with Crippen molar-refractivity contribution in [2.24, 2.45) is 23.7 Å². The number of anilines is 2. The highest BCUT2D eigenvalue weighted by atomic mass is 35.5. The number of benzene rings is 2. The van der Waals surface area contributed by atoms with Crippen LogP contribution in [-0.4, -0.2) is 41.1 Å². The maximum Gasteiger partial charge on any atom is 0.338 e. The number of amides is 3. The SMILES string of the molecule is Cc1ccc(Cl)cc1NC(=O)COC(=O)c1cccc(N2C(=O)[C@@H]3[C@H]4C[C@@H]([C@@H](Cl)[C@H]4Cl)[C@H]3C2=O)c1. The lowest BCUT2D eigenvalue weighted by molar-refractivity contribution is -0.123. The van der Waals surface area contributed by atoms with Gasteiger partial charge in [0.05, 0.1) is 33.8 Å². The van der Waals surface area contributed by atoms with Gasteiger partial charge >= 0.3 is 5.97 Å². The molecule has 2 bridgehead atoms. The molecule has 5 rings (SSSR count). The van der Waals surface area contributed by atoms with Crippen molar-refractivity contribution in [3.8, 4) is 0 Å². The highest BCUT2D eigenvalue weighted by Crippen LogP contribution is 2.59. The summed E-state index contributed by atoms with van der Waals surface area (Å²) < 4.78 is 5.14. The Morgan fingerprint density at radius 3 is 2.34 bits per heavy atom. The number of ether oxygens (including phenoxy) is 1. The molecule has 10 heteroatoms. The normalized spacial score (nSPS) is 28.9. The number of fused-ring (bicyclic) bond motifs is 5. The standard InChI is InChI=1S/C25H21Cl3N2O5/c1-11-5-6-13(26)8-17(11)29-18(31)10-35-25(34)12-3-2-4-14(7-12)30-23(32)19-15-9-16(20(19)24(30)33)22(28)21(15)27/h2-8,15-16,19-22H,9-10H2,1H3,(H,29,31)/t15-,16-,19-,20-,21-,22+/m1/s1. The number of nitrogens with zero attached hydrogens (tertiary/aromatic N) is 1. The van der Waals surface area contributed by atoms with Crippen molar-refractivity contribution < 1.29 is 23.9 Å². The first kappa shape index (κ1) is 24.1. The minimum absolute atomic E-state index is 0.111. The molecule has 2 aromatic rings. The highest BCUT2D eigenvalue weighted by molar-refractivity contribution is 6.32. The smallest absolute Gasteiger partial charge is 0.338 e. The molecule has 0 spiro atoms. The molecule has 35 heavy (non-hydrogen) atoms. The van der Waals surface area contributed by atoms with E-state index in [9.17, 15) is 19.2 Å². The third-order valence-electron chi connectivity index (χ3n) is 7.14. The first-order valence-electron chi connectivity index (χ1n) is 11.2. The van der Waals surface area contributed by atoms with Crippen LogP contribution in [0, 0.1) is 30.6 Å². The number of carbonyl (C=O) groups is 4. The first-order valence-corrected chi connectivity index (χ1v) is 12.4. The largest absolute Gasteiger partial charge is 0.452 e. The second kappa shape index (κ2) is 9.12. The van der Waals surface area contributed by atoms with Gasteiger partial charge in [-0.2, -0.15) is 0 Å². The second-order valence-electron chi connectivity index (χ2n) is 9.15. The van der Waals surface area contributed by atoms with Gasteiger partial charge in [-0.25, -0.2) is 4.79 Å². The van der Waals surface area contributed by atoms with E-state index in [0.717, 1.165) is 10.5 Å². The van der Waals surface area contributed by atoms with Crippen molar-refractivity contribution in [3.63, 3.8) is 0 Å². The number of esters is 1. The Labute approximate surface area is 216 Å². The summed E-state index contributed by atoms with van der Waals surface area (Å²) in [5, 5.41) is 2.42.